The molecule has 2 saturated heterocycles. The van der Waals surface area contributed by atoms with Crippen LogP contribution in [-0.2, 0) is 16.0 Å². The summed E-state index contributed by atoms with van der Waals surface area (Å²) in [5.41, 5.74) is 0.991. The van der Waals surface area contributed by atoms with Crippen molar-refractivity contribution < 1.29 is 19.2 Å². The molecule has 0 unspecified atom stereocenters. The average Bonchev–Trinajstić information content (AvgIpc) is 3.13. The first-order valence-electron chi connectivity index (χ1n) is 8.37. The monoisotopic (exact) mass is 341 g/mol. The molecule has 3 aliphatic heterocycles. The predicted octanol–water partition coefficient (Wildman–Crippen LogP) is 1.06. The van der Waals surface area contributed by atoms with Crippen LogP contribution in [0.2, 0.25) is 0 Å². The molecule has 0 N–H and O–H groups in total. The van der Waals surface area contributed by atoms with E-state index in [9.17, 15) is 19.2 Å². The molecule has 25 heavy (non-hydrogen) atoms. The van der Waals surface area contributed by atoms with Gasteiger partial charge in [-0.25, -0.2) is 4.79 Å². The number of aldehydes is 1. The lowest BCUT2D eigenvalue weighted by molar-refractivity contribution is -0.159. The van der Waals surface area contributed by atoms with Crippen molar-refractivity contribution >= 4 is 29.8 Å². The Morgan fingerprint density at radius 2 is 1.80 bits per heavy atom. The van der Waals surface area contributed by atoms with Crippen LogP contribution in [0.5, 0.6) is 0 Å². The van der Waals surface area contributed by atoms with Crippen LogP contribution in [0.1, 0.15) is 28.8 Å². The molecule has 0 saturated carbocycles. The second-order valence-electron chi connectivity index (χ2n) is 7.02. The zero-order valence-corrected chi connectivity index (χ0v) is 14.2. The summed E-state index contributed by atoms with van der Waals surface area (Å²) in [4.78, 5) is 53.8. The Kier molecular flexibility index (Phi) is 3.25. The van der Waals surface area contributed by atoms with E-state index in [1.54, 1.807) is 12.1 Å². The quantitative estimate of drug-likeness (QED) is 0.564. The normalized spacial score (nSPS) is 24.6. The topological polar surface area (TPSA) is 78.0 Å². The minimum absolute atomic E-state index is 0.213. The van der Waals surface area contributed by atoms with Gasteiger partial charge in [0, 0.05) is 31.9 Å². The lowest BCUT2D eigenvalue weighted by atomic mass is 9.68. The molecule has 4 rings (SSSR count). The number of carbonyl (C=O) groups excluding carboxylic acids is 4. The van der Waals surface area contributed by atoms with Gasteiger partial charge in [-0.2, -0.15) is 0 Å². The number of urea groups is 1. The van der Waals surface area contributed by atoms with E-state index in [1.807, 2.05) is 6.07 Å². The summed E-state index contributed by atoms with van der Waals surface area (Å²) in [6, 6.07) is 4.53. The molecule has 7 nitrogen and oxygen atoms in total. The van der Waals surface area contributed by atoms with Crippen LogP contribution in [0.15, 0.2) is 18.2 Å². The van der Waals surface area contributed by atoms with Gasteiger partial charge in [0.25, 0.3) is 0 Å². The predicted molar refractivity (Wildman–Crippen MR) is 89.3 cm³/mol. The maximum Gasteiger partial charge on any atom is 0.332 e. The van der Waals surface area contributed by atoms with Gasteiger partial charge in [-0.05, 0) is 43.0 Å². The van der Waals surface area contributed by atoms with Crippen LogP contribution in [0.4, 0.5) is 10.5 Å². The van der Waals surface area contributed by atoms with E-state index in [0.717, 1.165) is 46.7 Å². The second kappa shape index (κ2) is 5.15. The number of barbiturate groups is 1. The molecule has 1 aromatic carbocycles. The first kappa shape index (κ1) is 15.8. The van der Waals surface area contributed by atoms with Crippen LogP contribution < -0.4 is 4.90 Å². The lowest BCUT2D eigenvalue weighted by Gasteiger charge is -2.50. The minimum Gasteiger partial charge on any atom is -0.367 e. The second-order valence-corrected chi connectivity index (χ2v) is 7.02. The summed E-state index contributed by atoms with van der Waals surface area (Å²) in [6.45, 7) is 0.752. The molecule has 0 bridgehead atoms. The van der Waals surface area contributed by atoms with Crippen molar-refractivity contribution in [3.63, 3.8) is 0 Å². The highest BCUT2D eigenvalue weighted by Gasteiger charge is 2.63. The zero-order chi connectivity index (χ0) is 17.9. The van der Waals surface area contributed by atoms with Crippen molar-refractivity contribution in [2.24, 2.45) is 5.41 Å². The molecule has 1 spiro atoms. The molecular weight excluding hydrogens is 322 g/mol. The van der Waals surface area contributed by atoms with E-state index in [1.165, 1.54) is 14.1 Å². The maximum absolute atomic E-state index is 13.1. The first-order chi connectivity index (χ1) is 11.9. The summed E-state index contributed by atoms with van der Waals surface area (Å²) >= 11 is 0. The van der Waals surface area contributed by atoms with Crippen molar-refractivity contribution in [2.45, 2.75) is 25.3 Å². The van der Waals surface area contributed by atoms with Crippen molar-refractivity contribution in [1.29, 1.82) is 0 Å². The van der Waals surface area contributed by atoms with Gasteiger partial charge in [0.2, 0.25) is 11.8 Å². The average molecular weight is 341 g/mol. The molecule has 3 heterocycles. The van der Waals surface area contributed by atoms with E-state index in [4.69, 9.17) is 0 Å². The largest absolute Gasteiger partial charge is 0.367 e. The zero-order valence-electron chi connectivity index (χ0n) is 14.2. The molecule has 130 valence electrons. The summed E-state index contributed by atoms with van der Waals surface area (Å²) in [5.74, 6) is -0.890. The number of fused-ring (bicyclic) bond motifs is 4. The Labute approximate surface area is 145 Å². The number of hydrogen-bond donors (Lipinski definition) is 0. The minimum atomic E-state index is -1.30. The number of amides is 4. The first-order valence-corrected chi connectivity index (χ1v) is 8.37. The molecule has 3 aliphatic rings. The number of anilines is 1. The van der Waals surface area contributed by atoms with Gasteiger partial charge in [0.15, 0.2) is 5.41 Å². The van der Waals surface area contributed by atoms with Gasteiger partial charge in [0.05, 0.1) is 6.04 Å². The van der Waals surface area contributed by atoms with Crippen molar-refractivity contribution in [3.05, 3.63) is 29.3 Å². The SMILES string of the molecule is CN1C(=O)N(C)C(=O)C2(Cc3cc(C=O)ccc3N3CCC[C@H]32)C1=O. The fourth-order valence-electron chi connectivity index (χ4n) is 4.61. The molecule has 0 radical (unpaired) electrons. The number of carbonyl (C=O) groups is 4. The molecule has 4 amide bonds. The van der Waals surface area contributed by atoms with Crippen LogP contribution in [0.25, 0.3) is 0 Å². The van der Waals surface area contributed by atoms with Crippen molar-refractivity contribution in [1.82, 2.24) is 9.80 Å². The van der Waals surface area contributed by atoms with Crippen molar-refractivity contribution in [3.8, 4) is 0 Å². The smallest absolute Gasteiger partial charge is 0.332 e. The summed E-state index contributed by atoms with van der Waals surface area (Å²) in [5, 5.41) is 0. The number of imide groups is 2. The van der Waals surface area contributed by atoms with Gasteiger partial charge in [-0.1, -0.05) is 0 Å². The maximum atomic E-state index is 13.1. The fourth-order valence-corrected chi connectivity index (χ4v) is 4.61. The molecule has 1 atom stereocenters. The third-order valence-corrected chi connectivity index (χ3v) is 5.79. The van der Waals surface area contributed by atoms with Gasteiger partial charge in [-0.15, -0.1) is 0 Å². The van der Waals surface area contributed by atoms with E-state index in [2.05, 4.69) is 4.90 Å². The Morgan fingerprint density at radius 1 is 1.12 bits per heavy atom. The van der Waals surface area contributed by atoms with E-state index < -0.39 is 23.3 Å². The van der Waals surface area contributed by atoms with Crippen LogP contribution in [-0.4, -0.2) is 60.6 Å². The molecular formula is C18H19N3O4. The fraction of sp³-hybridized carbons (Fsp3) is 0.444. The molecule has 7 heteroatoms. The van der Waals surface area contributed by atoms with E-state index >= 15 is 0 Å². The number of nitrogens with zero attached hydrogens (tertiary/aromatic N) is 3. The van der Waals surface area contributed by atoms with Crippen LogP contribution >= 0.6 is 0 Å². The van der Waals surface area contributed by atoms with Crippen LogP contribution in [0, 0.1) is 5.41 Å². The van der Waals surface area contributed by atoms with E-state index in [-0.39, 0.29) is 12.5 Å². The van der Waals surface area contributed by atoms with Crippen molar-refractivity contribution in [2.75, 3.05) is 25.5 Å². The molecule has 0 aliphatic carbocycles. The van der Waals surface area contributed by atoms with Gasteiger partial charge >= 0.3 is 6.03 Å². The highest BCUT2D eigenvalue weighted by molar-refractivity contribution is 6.20. The highest BCUT2D eigenvalue weighted by Crippen LogP contribution is 2.49. The molecule has 0 aromatic heterocycles. The Balaban J connectivity index is 1.92. The van der Waals surface area contributed by atoms with E-state index in [0.29, 0.717) is 5.56 Å². The summed E-state index contributed by atoms with van der Waals surface area (Å²) < 4.78 is 0. The summed E-state index contributed by atoms with van der Waals surface area (Å²) in [7, 11) is 2.85. The van der Waals surface area contributed by atoms with Gasteiger partial charge in [0.1, 0.15) is 6.29 Å². The molecule has 2 fully saturated rings. The number of hydrogen-bond acceptors (Lipinski definition) is 5. The number of benzene rings is 1. The Hall–Kier alpha value is -2.70. The number of rotatable bonds is 1. The van der Waals surface area contributed by atoms with Gasteiger partial charge in [-0.3, -0.25) is 24.2 Å². The third-order valence-electron chi connectivity index (χ3n) is 5.79. The van der Waals surface area contributed by atoms with Crippen LogP contribution in [0.3, 0.4) is 0 Å². The summed E-state index contributed by atoms with van der Waals surface area (Å²) in [6.07, 6.45) is 2.57. The lowest BCUT2D eigenvalue weighted by Crippen LogP contribution is -2.70. The standard InChI is InChI=1S/C18H19N3O4/c1-19-15(23)18(16(24)20(2)17(19)25)9-12-8-11(10-22)5-6-13(12)21-7-3-4-14(18)21/h5-6,8,10,14H,3-4,7,9H2,1-2H3/t14-/m0/s1. The Morgan fingerprint density at radius 3 is 2.44 bits per heavy atom. The Bertz CT molecular complexity index is 795. The third kappa shape index (κ3) is 1.86. The molecule has 1 aromatic rings. The van der Waals surface area contributed by atoms with Gasteiger partial charge < -0.3 is 4.90 Å². The highest BCUT2D eigenvalue weighted by atomic mass is 16.2.